The first-order valence-corrected chi connectivity index (χ1v) is 9.44. The van der Waals surface area contributed by atoms with Crippen molar-refractivity contribution in [3.05, 3.63) is 53.6 Å². The largest absolute Gasteiger partial charge is 0.490 e. The number of halogens is 2. The van der Waals surface area contributed by atoms with Crippen LogP contribution in [0.15, 0.2) is 42.0 Å². The average Bonchev–Trinajstić information content (AvgIpc) is 2.69. The molecule has 1 aliphatic heterocycles. The Balaban J connectivity index is 1.66. The van der Waals surface area contributed by atoms with Crippen LogP contribution < -0.4 is 4.74 Å². The Morgan fingerprint density at radius 2 is 1.93 bits per heavy atom. The van der Waals surface area contributed by atoms with E-state index in [9.17, 15) is 28.6 Å². The summed E-state index contributed by atoms with van der Waals surface area (Å²) in [6.07, 6.45) is 5.66. The van der Waals surface area contributed by atoms with Crippen molar-refractivity contribution >= 4 is 11.9 Å². The number of hydrogen-bond donors (Lipinski definition) is 2. The van der Waals surface area contributed by atoms with E-state index in [-0.39, 0.29) is 23.8 Å². The van der Waals surface area contributed by atoms with E-state index in [1.165, 1.54) is 12.2 Å². The van der Waals surface area contributed by atoms with Gasteiger partial charge in [-0.1, -0.05) is 25.2 Å². The molecule has 0 spiro atoms. The lowest BCUT2D eigenvalue weighted by atomic mass is 9.74. The maximum absolute atomic E-state index is 13.7. The molecule has 6 nitrogen and oxygen atoms in total. The predicted octanol–water partition coefficient (Wildman–Crippen LogP) is 3.10. The molecule has 2 unspecified atom stereocenters. The van der Waals surface area contributed by atoms with E-state index >= 15 is 0 Å². The molecule has 1 heterocycles. The first kappa shape index (κ1) is 21.0. The van der Waals surface area contributed by atoms with Gasteiger partial charge in [-0.05, 0) is 44.0 Å². The minimum Gasteiger partial charge on any atom is -0.490 e. The smallest absolute Gasteiger partial charge is 0.331 e. The Bertz CT molecular complexity index is 861. The number of ether oxygens (including phenoxy) is 1. The van der Waals surface area contributed by atoms with Gasteiger partial charge in [-0.15, -0.1) is 0 Å². The molecule has 1 fully saturated rings. The van der Waals surface area contributed by atoms with E-state index < -0.39 is 35.0 Å². The Morgan fingerprint density at radius 1 is 1.24 bits per heavy atom. The lowest BCUT2D eigenvalue weighted by molar-refractivity contribution is -0.152. The van der Waals surface area contributed by atoms with E-state index in [1.807, 2.05) is 0 Å². The van der Waals surface area contributed by atoms with Crippen LogP contribution in [0.3, 0.4) is 0 Å². The number of carboxylic acid groups (broad SMARTS) is 2. The van der Waals surface area contributed by atoms with Crippen molar-refractivity contribution in [2.24, 2.45) is 11.8 Å². The fourth-order valence-electron chi connectivity index (χ4n) is 4.12. The van der Waals surface area contributed by atoms with Gasteiger partial charge in [0.2, 0.25) is 0 Å². The summed E-state index contributed by atoms with van der Waals surface area (Å²) in [4.78, 5) is 25.5. The molecule has 1 saturated heterocycles. The van der Waals surface area contributed by atoms with Crippen molar-refractivity contribution in [2.45, 2.75) is 25.3 Å². The molecule has 0 bridgehead atoms. The van der Waals surface area contributed by atoms with Gasteiger partial charge in [0.1, 0.15) is 11.4 Å². The molecule has 156 valence electrons. The van der Waals surface area contributed by atoms with Crippen LogP contribution in [0.1, 0.15) is 19.8 Å². The average molecular weight is 407 g/mol. The van der Waals surface area contributed by atoms with Gasteiger partial charge in [0, 0.05) is 17.6 Å². The maximum Gasteiger partial charge on any atom is 0.331 e. The molecule has 1 aromatic carbocycles. The van der Waals surface area contributed by atoms with Crippen LogP contribution in [-0.2, 0) is 9.59 Å². The first-order valence-electron chi connectivity index (χ1n) is 9.44. The third-order valence-electron chi connectivity index (χ3n) is 5.85. The number of rotatable bonds is 6. The topological polar surface area (TPSA) is 87.1 Å². The monoisotopic (exact) mass is 407 g/mol. The molecule has 0 radical (unpaired) electrons. The van der Waals surface area contributed by atoms with Gasteiger partial charge in [0.05, 0.1) is 6.61 Å². The zero-order valence-electron chi connectivity index (χ0n) is 16.0. The van der Waals surface area contributed by atoms with Crippen LogP contribution in [0.5, 0.6) is 5.75 Å². The number of hydrogen-bond acceptors (Lipinski definition) is 4. The number of benzene rings is 1. The van der Waals surface area contributed by atoms with Gasteiger partial charge in [-0.2, -0.15) is 0 Å². The fraction of sp³-hybridized carbons (Fsp3) is 0.429. The van der Waals surface area contributed by atoms with Crippen LogP contribution in [0.4, 0.5) is 8.78 Å². The second-order valence-corrected chi connectivity index (χ2v) is 7.45. The summed E-state index contributed by atoms with van der Waals surface area (Å²) in [5, 5.41) is 19.4. The first-order chi connectivity index (χ1) is 13.8. The van der Waals surface area contributed by atoms with Crippen LogP contribution in [0.2, 0.25) is 0 Å². The Hall–Kier alpha value is -2.74. The summed E-state index contributed by atoms with van der Waals surface area (Å²) in [5.41, 5.74) is -1.37. The summed E-state index contributed by atoms with van der Waals surface area (Å²) >= 11 is 0. The number of nitrogens with zero attached hydrogens (tertiary/aromatic N) is 1. The van der Waals surface area contributed by atoms with Crippen molar-refractivity contribution in [3.63, 3.8) is 0 Å². The van der Waals surface area contributed by atoms with E-state index in [0.717, 1.165) is 18.2 Å². The number of carboxylic acids is 2. The molecule has 3 rings (SSSR count). The molecule has 2 aliphatic rings. The van der Waals surface area contributed by atoms with Gasteiger partial charge in [0.25, 0.3) is 0 Å². The quantitative estimate of drug-likeness (QED) is 0.754. The van der Waals surface area contributed by atoms with Crippen molar-refractivity contribution in [1.82, 2.24) is 4.90 Å². The molecule has 0 aromatic heterocycles. The second-order valence-electron chi connectivity index (χ2n) is 7.45. The molecule has 1 aliphatic carbocycles. The number of likely N-dealkylation sites (tertiary alicyclic amines) is 1. The Morgan fingerprint density at radius 3 is 2.55 bits per heavy atom. The number of allylic oxidation sites excluding steroid dienone is 2. The SMILES string of the molecule is CC1C(C(=O)O)=CC=CC1(C(=O)O)N1CCC(COc2cc(F)ccc2F)CC1. The lowest BCUT2D eigenvalue weighted by Crippen LogP contribution is -2.61. The summed E-state index contributed by atoms with van der Waals surface area (Å²) in [7, 11) is 0. The van der Waals surface area contributed by atoms with Crippen LogP contribution >= 0.6 is 0 Å². The standard InChI is InChI=1S/C21H23F2NO5/c1-13-16(19(25)26)3-2-8-21(13,20(27)28)24-9-6-14(7-10-24)12-29-18-11-15(22)4-5-17(18)23/h2-5,8,11,13-14H,6-7,9-10,12H2,1H3,(H,25,26)(H,27,28). The summed E-state index contributed by atoms with van der Waals surface area (Å²) in [6.45, 7) is 2.65. The highest BCUT2D eigenvalue weighted by Crippen LogP contribution is 2.38. The van der Waals surface area contributed by atoms with E-state index in [1.54, 1.807) is 17.9 Å². The van der Waals surface area contributed by atoms with Crippen LogP contribution in [-0.4, -0.2) is 52.3 Å². The Labute approximate surface area is 167 Å². The van der Waals surface area contributed by atoms with Gasteiger partial charge >= 0.3 is 11.9 Å². The van der Waals surface area contributed by atoms with Gasteiger partial charge in [0.15, 0.2) is 11.6 Å². The highest BCUT2D eigenvalue weighted by molar-refractivity contribution is 5.92. The van der Waals surface area contributed by atoms with Crippen LogP contribution in [0, 0.1) is 23.5 Å². The molecule has 2 atom stereocenters. The summed E-state index contributed by atoms with van der Waals surface area (Å²) < 4.78 is 32.4. The van der Waals surface area contributed by atoms with E-state index in [4.69, 9.17) is 4.74 Å². The highest BCUT2D eigenvalue weighted by Gasteiger charge is 2.51. The molecular weight excluding hydrogens is 384 g/mol. The van der Waals surface area contributed by atoms with Crippen molar-refractivity contribution < 1.29 is 33.3 Å². The molecule has 0 saturated carbocycles. The molecule has 0 amide bonds. The van der Waals surface area contributed by atoms with Crippen LogP contribution in [0.25, 0.3) is 0 Å². The number of carbonyl (C=O) groups is 2. The molecule has 2 N–H and O–H groups in total. The third kappa shape index (κ3) is 4.03. The molecule has 1 aromatic rings. The van der Waals surface area contributed by atoms with Gasteiger partial charge in [-0.25, -0.2) is 18.4 Å². The minimum atomic E-state index is -1.43. The molecular formula is C21H23F2NO5. The molecule has 8 heteroatoms. The zero-order chi connectivity index (χ0) is 21.2. The maximum atomic E-state index is 13.7. The summed E-state index contributed by atoms with van der Waals surface area (Å²) in [6, 6.07) is 3.02. The van der Waals surface area contributed by atoms with E-state index in [2.05, 4.69) is 0 Å². The molecule has 29 heavy (non-hydrogen) atoms. The Kier molecular flexibility index (Phi) is 6.02. The minimum absolute atomic E-state index is 0.0529. The van der Waals surface area contributed by atoms with Crippen molar-refractivity contribution in [2.75, 3.05) is 19.7 Å². The highest BCUT2D eigenvalue weighted by atomic mass is 19.1. The van der Waals surface area contributed by atoms with Gasteiger partial charge < -0.3 is 14.9 Å². The predicted molar refractivity (Wildman–Crippen MR) is 101 cm³/mol. The van der Waals surface area contributed by atoms with Crippen molar-refractivity contribution in [3.8, 4) is 5.75 Å². The number of aliphatic carboxylic acids is 2. The number of piperidine rings is 1. The second kappa shape index (κ2) is 8.32. The third-order valence-corrected chi connectivity index (χ3v) is 5.85. The van der Waals surface area contributed by atoms with Gasteiger partial charge in [-0.3, -0.25) is 4.90 Å². The summed E-state index contributed by atoms with van der Waals surface area (Å²) in [5.74, 6) is -4.26. The lowest BCUT2D eigenvalue weighted by Gasteiger charge is -2.46. The van der Waals surface area contributed by atoms with Crippen molar-refractivity contribution in [1.29, 1.82) is 0 Å². The zero-order valence-corrected chi connectivity index (χ0v) is 16.0. The fourth-order valence-corrected chi connectivity index (χ4v) is 4.12. The normalized spacial score (nSPS) is 25.5. The van der Waals surface area contributed by atoms with E-state index in [0.29, 0.717) is 25.9 Å².